The largest absolute Gasteiger partial charge is 0.497 e. The van der Waals surface area contributed by atoms with Gasteiger partial charge in [-0.3, -0.25) is 4.40 Å². The Balaban J connectivity index is 1.77. The Morgan fingerprint density at radius 1 is 0.966 bits per heavy atom. The monoisotopic (exact) mass is 399 g/mol. The van der Waals surface area contributed by atoms with E-state index in [1.807, 2.05) is 6.07 Å². The minimum Gasteiger partial charge on any atom is -0.497 e. The normalized spacial score (nSPS) is 11.3. The van der Waals surface area contributed by atoms with Gasteiger partial charge in [-0.25, -0.2) is 4.98 Å². The summed E-state index contributed by atoms with van der Waals surface area (Å²) in [5.41, 5.74) is 6.68. The smallest absolute Gasteiger partial charge is 0.197 e. The number of benzene rings is 3. The number of fused-ring (bicyclic) bond motifs is 3. The van der Waals surface area contributed by atoms with Crippen LogP contribution in [0.15, 0.2) is 66.7 Å². The van der Waals surface area contributed by atoms with Crippen molar-refractivity contribution in [3.05, 3.63) is 77.9 Å². The van der Waals surface area contributed by atoms with Crippen molar-refractivity contribution in [2.75, 3.05) is 12.4 Å². The maximum absolute atomic E-state index is 5.40. The highest BCUT2D eigenvalue weighted by atomic mass is 32.1. The van der Waals surface area contributed by atoms with Gasteiger partial charge in [-0.15, -0.1) is 0 Å². The second kappa shape index (κ2) is 6.94. The minimum absolute atomic E-state index is 0.856. The quantitative estimate of drug-likeness (QED) is 0.371. The molecule has 0 amide bonds. The van der Waals surface area contributed by atoms with Gasteiger partial charge in [-0.1, -0.05) is 59.4 Å². The Kier molecular flexibility index (Phi) is 4.25. The van der Waals surface area contributed by atoms with E-state index in [9.17, 15) is 0 Å². The highest BCUT2D eigenvalue weighted by Crippen LogP contribution is 2.38. The van der Waals surface area contributed by atoms with Crippen molar-refractivity contribution >= 4 is 38.0 Å². The average molecular weight is 400 g/mol. The minimum atomic E-state index is 0.856. The first-order valence-corrected chi connectivity index (χ1v) is 10.3. The molecule has 4 nitrogen and oxygen atoms in total. The van der Waals surface area contributed by atoms with Crippen LogP contribution in [0.3, 0.4) is 0 Å². The van der Waals surface area contributed by atoms with Crippen LogP contribution in [-0.2, 0) is 0 Å². The van der Waals surface area contributed by atoms with Crippen LogP contribution >= 0.6 is 11.3 Å². The zero-order valence-electron chi connectivity index (χ0n) is 16.6. The summed E-state index contributed by atoms with van der Waals surface area (Å²) in [6.07, 6.45) is 0. The molecule has 0 aliphatic carbocycles. The number of ether oxygens (including phenoxy) is 1. The van der Waals surface area contributed by atoms with Crippen LogP contribution in [0.5, 0.6) is 5.75 Å². The topological polar surface area (TPSA) is 38.6 Å². The first-order chi connectivity index (χ1) is 14.1. The summed E-state index contributed by atoms with van der Waals surface area (Å²) in [5, 5.41) is 3.66. The number of hydrogen-bond acceptors (Lipinski definition) is 4. The van der Waals surface area contributed by atoms with E-state index in [4.69, 9.17) is 9.72 Å². The summed E-state index contributed by atoms with van der Waals surface area (Å²) >= 11 is 1.67. The third-order valence-electron chi connectivity index (χ3n) is 5.18. The lowest BCUT2D eigenvalue weighted by molar-refractivity contribution is 0.415. The van der Waals surface area contributed by atoms with Gasteiger partial charge in [-0.05, 0) is 43.7 Å². The molecule has 0 atom stereocenters. The van der Waals surface area contributed by atoms with Crippen molar-refractivity contribution in [3.8, 4) is 17.0 Å². The van der Waals surface area contributed by atoms with Crippen LogP contribution in [0.25, 0.3) is 26.4 Å². The van der Waals surface area contributed by atoms with Crippen LogP contribution in [-0.4, -0.2) is 16.5 Å². The zero-order chi connectivity index (χ0) is 20.0. The first-order valence-electron chi connectivity index (χ1n) is 9.53. The maximum Gasteiger partial charge on any atom is 0.197 e. The Morgan fingerprint density at radius 3 is 2.52 bits per heavy atom. The molecular weight excluding hydrogens is 378 g/mol. The lowest BCUT2D eigenvalue weighted by Gasteiger charge is -2.11. The standard InChI is InChI=1S/C24H21N3OS/c1-15-8-10-17(11-9-15)22-23(25-19-7-5-4-6-16(19)2)27-20-13-12-18(28-3)14-21(20)29-24(27)26-22/h4-14,25H,1-3H3. The van der Waals surface area contributed by atoms with Gasteiger partial charge in [0, 0.05) is 11.3 Å². The van der Waals surface area contributed by atoms with E-state index in [1.165, 1.54) is 11.1 Å². The molecule has 0 aliphatic rings. The summed E-state index contributed by atoms with van der Waals surface area (Å²) in [6.45, 7) is 4.21. The highest BCUT2D eigenvalue weighted by Gasteiger charge is 2.19. The lowest BCUT2D eigenvalue weighted by atomic mass is 10.1. The zero-order valence-corrected chi connectivity index (χ0v) is 17.4. The lowest BCUT2D eigenvalue weighted by Crippen LogP contribution is -1.98. The van der Waals surface area contributed by atoms with Crippen LogP contribution in [0.2, 0.25) is 0 Å². The fraction of sp³-hybridized carbons (Fsp3) is 0.125. The number of imidazole rings is 1. The van der Waals surface area contributed by atoms with E-state index in [0.29, 0.717) is 0 Å². The molecule has 2 aromatic heterocycles. The number of nitrogens with one attached hydrogen (secondary N) is 1. The molecule has 0 saturated carbocycles. The van der Waals surface area contributed by atoms with Crippen molar-refractivity contribution in [2.24, 2.45) is 0 Å². The molecule has 0 unspecified atom stereocenters. The van der Waals surface area contributed by atoms with Crippen molar-refractivity contribution in [3.63, 3.8) is 0 Å². The SMILES string of the molecule is COc1ccc2c(c1)sc1nc(-c3ccc(C)cc3)c(Nc3ccccc3C)n12. The van der Waals surface area contributed by atoms with E-state index < -0.39 is 0 Å². The molecule has 0 fully saturated rings. The summed E-state index contributed by atoms with van der Waals surface area (Å²) in [7, 11) is 1.69. The van der Waals surface area contributed by atoms with Crippen LogP contribution in [0.4, 0.5) is 11.5 Å². The molecule has 0 saturated heterocycles. The number of rotatable bonds is 4. The summed E-state index contributed by atoms with van der Waals surface area (Å²) in [6, 6.07) is 23.0. The second-order valence-electron chi connectivity index (χ2n) is 7.17. The van der Waals surface area contributed by atoms with Crippen molar-refractivity contribution in [1.82, 2.24) is 9.38 Å². The van der Waals surface area contributed by atoms with Gasteiger partial charge in [0.25, 0.3) is 0 Å². The average Bonchev–Trinajstić information content (AvgIpc) is 3.26. The molecule has 1 N–H and O–H groups in total. The first kappa shape index (κ1) is 17.8. The summed E-state index contributed by atoms with van der Waals surface area (Å²) in [5.74, 6) is 1.84. The van der Waals surface area contributed by atoms with Gasteiger partial charge in [0.1, 0.15) is 17.3 Å². The molecule has 0 bridgehead atoms. The number of nitrogens with zero attached hydrogens (tertiary/aromatic N) is 2. The number of aromatic nitrogens is 2. The van der Waals surface area contributed by atoms with Crippen molar-refractivity contribution in [2.45, 2.75) is 13.8 Å². The molecule has 5 heteroatoms. The number of anilines is 2. The molecule has 0 radical (unpaired) electrons. The molecule has 144 valence electrons. The molecule has 2 heterocycles. The molecule has 0 aliphatic heterocycles. The number of methoxy groups -OCH3 is 1. The highest BCUT2D eigenvalue weighted by molar-refractivity contribution is 7.23. The number of para-hydroxylation sites is 1. The predicted molar refractivity (Wildman–Crippen MR) is 122 cm³/mol. The van der Waals surface area contributed by atoms with E-state index in [1.54, 1.807) is 18.4 Å². The van der Waals surface area contributed by atoms with E-state index in [0.717, 1.165) is 43.7 Å². The molecule has 0 spiro atoms. The molecule has 29 heavy (non-hydrogen) atoms. The fourth-order valence-corrected chi connectivity index (χ4v) is 4.60. The van der Waals surface area contributed by atoms with Gasteiger partial charge in [0.05, 0.1) is 17.3 Å². The molecule has 5 rings (SSSR count). The Bertz CT molecular complexity index is 1330. The van der Waals surface area contributed by atoms with Crippen molar-refractivity contribution in [1.29, 1.82) is 0 Å². The van der Waals surface area contributed by atoms with E-state index in [2.05, 4.69) is 84.2 Å². The van der Waals surface area contributed by atoms with Crippen LogP contribution in [0, 0.1) is 13.8 Å². The van der Waals surface area contributed by atoms with Crippen molar-refractivity contribution < 1.29 is 4.74 Å². The van der Waals surface area contributed by atoms with Gasteiger partial charge in [0.2, 0.25) is 0 Å². The van der Waals surface area contributed by atoms with Crippen LogP contribution in [0.1, 0.15) is 11.1 Å². The number of hydrogen-bond donors (Lipinski definition) is 1. The Labute approximate surface area is 173 Å². The Hall–Kier alpha value is -3.31. The molecule has 5 aromatic rings. The second-order valence-corrected chi connectivity index (χ2v) is 8.18. The summed E-state index contributed by atoms with van der Waals surface area (Å²) in [4.78, 5) is 5.97. The van der Waals surface area contributed by atoms with Gasteiger partial charge >= 0.3 is 0 Å². The Morgan fingerprint density at radius 2 is 1.76 bits per heavy atom. The van der Waals surface area contributed by atoms with Gasteiger partial charge < -0.3 is 10.1 Å². The number of thiazole rings is 1. The van der Waals surface area contributed by atoms with Gasteiger partial charge in [0.15, 0.2) is 4.96 Å². The third kappa shape index (κ3) is 3.04. The summed E-state index contributed by atoms with van der Waals surface area (Å²) < 4.78 is 8.76. The third-order valence-corrected chi connectivity index (χ3v) is 6.18. The van der Waals surface area contributed by atoms with E-state index >= 15 is 0 Å². The van der Waals surface area contributed by atoms with E-state index in [-0.39, 0.29) is 0 Å². The van der Waals surface area contributed by atoms with Crippen LogP contribution < -0.4 is 10.1 Å². The molecular formula is C24H21N3OS. The van der Waals surface area contributed by atoms with Gasteiger partial charge in [-0.2, -0.15) is 0 Å². The molecule has 3 aromatic carbocycles. The number of aryl methyl sites for hydroxylation is 2. The predicted octanol–water partition coefficient (Wildman–Crippen LogP) is 6.59. The fourth-order valence-electron chi connectivity index (χ4n) is 3.55. The maximum atomic E-state index is 5.40.